The molecule has 0 aliphatic carbocycles. The van der Waals surface area contributed by atoms with Crippen LogP contribution in [0.2, 0.25) is 0 Å². The first kappa shape index (κ1) is 14.0. The third kappa shape index (κ3) is 1.87. The van der Waals surface area contributed by atoms with Crippen molar-refractivity contribution in [3.05, 3.63) is 84.9 Å². The van der Waals surface area contributed by atoms with Crippen molar-refractivity contribution in [2.45, 2.75) is 0 Å². The van der Waals surface area contributed by atoms with Crippen LogP contribution in [0.15, 0.2) is 84.9 Å². The first-order valence-electron chi connectivity index (χ1n) is 8.87. The van der Waals surface area contributed by atoms with Gasteiger partial charge in [-0.25, -0.2) is 0 Å². The summed E-state index contributed by atoms with van der Waals surface area (Å²) in [4.78, 5) is 0. The molecule has 5 aromatic rings. The van der Waals surface area contributed by atoms with Gasteiger partial charge in [-0.05, 0) is 55.4 Å². The molecule has 0 bridgehead atoms. The Hall–Kier alpha value is -3.26. The van der Waals surface area contributed by atoms with Gasteiger partial charge in [0, 0.05) is 0 Å². The van der Waals surface area contributed by atoms with Crippen LogP contribution in [0, 0.1) is 0 Å². The van der Waals surface area contributed by atoms with Crippen molar-refractivity contribution in [1.82, 2.24) is 0 Å². The number of hydrogen-bond acceptors (Lipinski definition) is 1. The molecule has 0 N–H and O–H groups in total. The van der Waals surface area contributed by atoms with Crippen molar-refractivity contribution in [3.63, 3.8) is 0 Å². The van der Waals surface area contributed by atoms with E-state index in [9.17, 15) is 0 Å². The first-order valence-corrected chi connectivity index (χ1v) is 8.87. The normalized spacial score (nSPS) is 12.5. The van der Waals surface area contributed by atoms with E-state index >= 15 is 0 Å². The molecule has 0 atom stereocenters. The molecular weight excluding hydrogens is 315 g/mol. The molecule has 0 fully saturated rings. The molecule has 1 radical (unpaired) electrons. The summed E-state index contributed by atoms with van der Waals surface area (Å²) in [7, 11) is 2.22. The van der Waals surface area contributed by atoms with Crippen LogP contribution in [0.1, 0.15) is 0 Å². The smallest absolute Gasteiger partial charge is 0.201 e. The highest BCUT2D eigenvalue weighted by molar-refractivity contribution is 6.70. The Morgan fingerprint density at radius 1 is 0.462 bits per heavy atom. The summed E-state index contributed by atoms with van der Waals surface area (Å²) < 4.78 is 6.22. The number of para-hydroxylation sites is 1. The third-order valence-corrected chi connectivity index (χ3v) is 5.32. The van der Waals surface area contributed by atoms with Gasteiger partial charge in [0.25, 0.3) is 0 Å². The predicted octanol–water partition coefficient (Wildman–Crippen LogP) is 4.91. The maximum atomic E-state index is 6.22. The summed E-state index contributed by atoms with van der Waals surface area (Å²) in [6.07, 6.45) is 0. The van der Waals surface area contributed by atoms with E-state index in [0.717, 1.165) is 22.4 Å². The van der Waals surface area contributed by atoms with Gasteiger partial charge in [-0.2, -0.15) is 0 Å². The van der Waals surface area contributed by atoms with Gasteiger partial charge in [-0.3, -0.25) is 0 Å². The lowest BCUT2D eigenvalue weighted by Crippen LogP contribution is -2.33. The molecule has 2 heteroatoms. The average Bonchev–Trinajstić information content (AvgIpc) is 2.71. The number of benzene rings is 5. The second-order valence-electron chi connectivity index (χ2n) is 6.81. The lowest BCUT2D eigenvalue weighted by Gasteiger charge is -2.21. The van der Waals surface area contributed by atoms with Crippen molar-refractivity contribution in [3.8, 4) is 11.5 Å². The van der Waals surface area contributed by atoms with Gasteiger partial charge in [0.2, 0.25) is 7.28 Å². The maximum Gasteiger partial charge on any atom is 0.201 e. The minimum absolute atomic E-state index is 0.921. The molecule has 1 nitrogen and oxygen atoms in total. The Bertz CT molecular complexity index is 1230. The van der Waals surface area contributed by atoms with Gasteiger partial charge in [0.1, 0.15) is 11.5 Å². The summed E-state index contributed by atoms with van der Waals surface area (Å²) in [5.74, 6) is 1.85. The molecule has 119 valence electrons. The average molecular weight is 329 g/mol. The van der Waals surface area contributed by atoms with E-state index < -0.39 is 0 Å². The van der Waals surface area contributed by atoms with Gasteiger partial charge in [-0.1, -0.05) is 72.8 Å². The largest absolute Gasteiger partial charge is 0.459 e. The van der Waals surface area contributed by atoms with E-state index in [1.165, 1.54) is 32.3 Å². The highest BCUT2D eigenvalue weighted by atomic mass is 16.5. The molecule has 0 saturated carbocycles. The third-order valence-electron chi connectivity index (χ3n) is 5.32. The van der Waals surface area contributed by atoms with Crippen LogP contribution in [-0.2, 0) is 0 Å². The van der Waals surface area contributed by atoms with E-state index in [0.29, 0.717) is 0 Å². The number of fused-ring (bicyclic) bond motifs is 8. The summed E-state index contributed by atoms with van der Waals surface area (Å²) in [5, 5.41) is 7.66. The van der Waals surface area contributed by atoms with Gasteiger partial charge < -0.3 is 4.74 Å². The van der Waals surface area contributed by atoms with Crippen LogP contribution >= 0.6 is 0 Å². The minimum atomic E-state index is 0.921. The molecule has 0 amide bonds. The van der Waals surface area contributed by atoms with Crippen molar-refractivity contribution in [2.75, 3.05) is 0 Å². The molecule has 1 heterocycles. The molecule has 1 aliphatic heterocycles. The minimum Gasteiger partial charge on any atom is -0.459 e. The molecule has 26 heavy (non-hydrogen) atoms. The van der Waals surface area contributed by atoms with E-state index in [1.54, 1.807) is 0 Å². The molecular formula is C24H14BO. The molecule has 5 aromatic carbocycles. The zero-order chi connectivity index (χ0) is 17.1. The zero-order valence-corrected chi connectivity index (χ0v) is 14.1. The van der Waals surface area contributed by atoms with Crippen LogP contribution in [-0.4, -0.2) is 7.28 Å². The summed E-state index contributed by atoms with van der Waals surface area (Å²) in [6.45, 7) is 0. The van der Waals surface area contributed by atoms with Crippen LogP contribution in [0.4, 0.5) is 0 Å². The van der Waals surface area contributed by atoms with Crippen molar-refractivity contribution < 1.29 is 4.74 Å². The fraction of sp³-hybridized carbons (Fsp3) is 0. The highest BCUT2D eigenvalue weighted by Crippen LogP contribution is 2.37. The Morgan fingerprint density at radius 2 is 1.00 bits per heavy atom. The van der Waals surface area contributed by atoms with Crippen LogP contribution in [0.5, 0.6) is 11.5 Å². The van der Waals surface area contributed by atoms with Gasteiger partial charge in [0.05, 0.1) is 0 Å². The standard InChI is InChI=1S/C24H14BO/c1-3-9-17-15(7-1)16-8-2-4-10-18(16)20-14-24-22(13-19(17)20)25-21-11-5-6-12-23(21)26-24/h1-14H. The maximum absolute atomic E-state index is 6.22. The lowest BCUT2D eigenvalue weighted by atomic mass is 9.61. The fourth-order valence-corrected chi connectivity index (χ4v) is 4.13. The highest BCUT2D eigenvalue weighted by Gasteiger charge is 2.20. The Labute approximate surface area is 152 Å². The van der Waals surface area contributed by atoms with Crippen molar-refractivity contribution in [1.29, 1.82) is 0 Å². The molecule has 0 unspecified atom stereocenters. The fourth-order valence-electron chi connectivity index (χ4n) is 4.13. The molecule has 0 aromatic heterocycles. The Kier molecular flexibility index (Phi) is 2.75. The topological polar surface area (TPSA) is 9.23 Å². The SMILES string of the molecule is [B]1c2ccccc2Oc2cc3c4ccccc4c4ccccc4c3cc21. The van der Waals surface area contributed by atoms with E-state index in [1.807, 2.05) is 18.2 Å². The Balaban J connectivity index is 1.75. The number of ether oxygens (including phenoxy) is 1. The second-order valence-corrected chi connectivity index (χ2v) is 6.81. The molecule has 0 spiro atoms. The van der Waals surface area contributed by atoms with E-state index in [-0.39, 0.29) is 0 Å². The van der Waals surface area contributed by atoms with Gasteiger partial charge in [0.15, 0.2) is 0 Å². The molecule has 6 rings (SSSR count). The zero-order valence-electron chi connectivity index (χ0n) is 14.1. The number of rotatable bonds is 0. The summed E-state index contributed by atoms with van der Waals surface area (Å²) in [6, 6.07) is 30.0. The quantitative estimate of drug-likeness (QED) is 0.284. The monoisotopic (exact) mass is 329 g/mol. The van der Waals surface area contributed by atoms with Gasteiger partial charge >= 0.3 is 0 Å². The molecule has 1 aliphatic rings. The van der Waals surface area contributed by atoms with Crippen LogP contribution < -0.4 is 15.7 Å². The lowest BCUT2D eigenvalue weighted by molar-refractivity contribution is 0.488. The number of hydrogen-bond donors (Lipinski definition) is 0. The van der Waals surface area contributed by atoms with Crippen LogP contribution in [0.25, 0.3) is 32.3 Å². The van der Waals surface area contributed by atoms with Crippen molar-refractivity contribution in [2.24, 2.45) is 0 Å². The van der Waals surface area contributed by atoms with E-state index in [2.05, 4.69) is 74.0 Å². The van der Waals surface area contributed by atoms with Crippen LogP contribution in [0.3, 0.4) is 0 Å². The Morgan fingerprint density at radius 3 is 1.69 bits per heavy atom. The van der Waals surface area contributed by atoms with Gasteiger partial charge in [-0.15, -0.1) is 0 Å². The summed E-state index contributed by atoms with van der Waals surface area (Å²) >= 11 is 0. The second kappa shape index (κ2) is 5.12. The van der Waals surface area contributed by atoms with E-state index in [4.69, 9.17) is 4.74 Å². The summed E-state index contributed by atoms with van der Waals surface area (Å²) in [5.41, 5.74) is 2.26. The molecule has 0 saturated heterocycles. The predicted molar refractivity (Wildman–Crippen MR) is 110 cm³/mol. The van der Waals surface area contributed by atoms with Crippen molar-refractivity contribution >= 4 is 50.5 Å². The first-order chi connectivity index (χ1) is 12.9.